The highest BCUT2D eigenvalue weighted by atomic mass is 127. The molecule has 1 amide bonds. The summed E-state index contributed by atoms with van der Waals surface area (Å²) in [6.45, 7) is 4.40. The van der Waals surface area contributed by atoms with Crippen LogP contribution in [0.15, 0.2) is 46.0 Å². The largest absolute Gasteiger partial charge is 0.357 e. The topological polar surface area (TPSA) is 83.3 Å². The lowest BCUT2D eigenvalue weighted by molar-refractivity contribution is 0.0954. The van der Waals surface area contributed by atoms with Crippen LogP contribution in [0.1, 0.15) is 23.0 Å². The molecule has 0 aliphatic carbocycles. The van der Waals surface area contributed by atoms with Gasteiger partial charge in [0.1, 0.15) is 0 Å². The second kappa shape index (κ2) is 11.9. The molecule has 1 heterocycles. The maximum Gasteiger partial charge on any atom is 0.251 e. The molecule has 2 aromatic rings. The van der Waals surface area contributed by atoms with Crippen molar-refractivity contribution >= 4 is 51.8 Å². The number of aryl methyl sites for hydroxylation is 1. The Morgan fingerprint density at radius 2 is 2.00 bits per heavy atom. The van der Waals surface area contributed by atoms with Crippen LogP contribution in [0.25, 0.3) is 0 Å². The Bertz CT molecular complexity index is 734. The van der Waals surface area contributed by atoms with Gasteiger partial charge in [-0.1, -0.05) is 22.0 Å². The van der Waals surface area contributed by atoms with E-state index in [1.807, 2.05) is 32.2 Å². The zero-order valence-electron chi connectivity index (χ0n) is 14.8. The Labute approximate surface area is 179 Å². The number of carbonyl (C=O) groups excluding carboxylic acids is 1. The van der Waals surface area contributed by atoms with E-state index in [0.717, 1.165) is 16.7 Å². The Balaban J connectivity index is 0.00000338. The minimum absolute atomic E-state index is 0. The molecule has 0 saturated heterocycles. The number of hydrogen-bond acceptors (Lipinski definition) is 3. The average molecular weight is 535 g/mol. The van der Waals surface area contributed by atoms with Crippen molar-refractivity contribution in [3.05, 3.63) is 52.3 Å². The van der Waals surface area contributed by atoms with Gasteiger partial charge in [0.2, 0.25) is 0 Å². The molecule has 2 rings (SSSR count). The van der Waals surface area contributed by atoms with Gasteiger partial charge in [-0.15, -0.1) is 24.0 Å². The maximum atomic E-state index is 12.1. The predicted molar refractivity (Wildman–Crippen MR) is 118 cm³/mol. The van der Waals surface area contributed by atoms with Gasteiger partial charge in [0, 0.05) is 42.9 Å². The molecule has 0 atom stereocenters. The van der Waals surface area contributed by atoms with Crippen molar-refractivity contribution in [2.75, 3.05) is 19.6 Å². The van der Waals surface area contributed by atoms with Crippen molar-refractivity contribution in [2.45, 2.75) is 13.5 Å². The summed E-state index contributed by atoms with van der Waals surface area (Å²) in [6, 6.07) is 9.24. The third-order valence-electron chi connectivity index (χ3n) is 3.46. The molecule has 0 saturated carbocycles. The van der Waals surface area contributed by atoms with E-state index in [4.69, 9.17) is 0 Å². The number of aliphatic imine (C=N–C) groups is 1. The standard InChI is InChI=1S/C17H23BrN6O.HI/c1-3-19-17(22-12-15-7-8-23-24(15)2)21-10-9-20-16(25)13-5-4-6-14(18)11-13;/h4-8,11H,3,9-10,12H2,1-2H3,(H,20,25)(H2,19,21,22);1H. The fraction of sp³-hybridized carbons (Fsp3) is 0.353. The second-order valence-corrected chi connectivity index (χ2v) is 6.25. The zero-order chi connectivity index (χ0) is 18.1. The summed E-state index contributed by atoms with van der Waals surface area (Å²) in [5.41, 5.74) is 1.66. The fourth-order valence-corrected chi connectivity index (χ4v) is 2.55. The third kappa shape index (κ3) is 7.32. The summed E-state index contributed by atoms with van der Waals surface area (Å²) in [6.07, 6.45) is 1.75. The maximum absolute atomic E-state index is 12.1. The molecule has 0 fully saturated rings. The van der Waals surface area contributed by atoms with Crippen LogP contribution in [0.2, 0.25) is 0 Å². The highest BCUT2D eigenvalue weighted by molar-refractivity contribution is 14.0. The normalized spacial score (nSPS) is 10.8. The van der Waals surface area contributed by atoms with Crippen LogP contribution < -0.4 is 16.0 Å². The molecule has 1 aromatic heterocycles. The van der Waals surface area contributed by atoms with Crippen LogP contribution in [0, 0.1) is 0 Å². The number of rotatable bonds is 7. The lowest BCUT2D eigenvalue weighted by Gasteiger charge is -2.12. The Morgan fingerprint density at radius 3 is 2.65 bits per heavy atom. The summed E-state index contributed by atoms with van der Waals surface area (Å²) in [5, 5.41) is 13.4. The molecule has 1 aromatic carbocycles. The molecule has 142 valence electrons. The highest BCUT2D eigenvalue weighted by Crippen LogP contribution is 2.11. The number of carbonyl (C=O) groups is 1. The second-order valence-electron chi connectivity index (χ2n) is 5.33. The van der Waals surface area contributed by atoms with Crippen molar-refractivity contribution in [3.63, 3.8) is 0 Å². The number of hydrogen-bond donors (Lipinski definition) is 3. The zero-order valence-corrected chi connectivity index (χ0v) is 18.7. The minimum atomic E-state index is -0.0973. The van der Waals surface area contributed by atoms with Gasteiger partial charge in [0.15, 0.2) is 5.96 Å². The molecule has 0 unspecified atom stereocenters. The van der Waals surface area contributed by atoms with Crippen molar-refractivity contribution in [1.82, 2.24) is 25.7 Å². The van der Waals surface area contributed by atoms with E-state index in [2.05, 4.69) is 42.0 Å². The molecule has 0 bridgehead atoms. The molecule has 7 nitrogen and oxygen atoms in total. The van der Waals surface area contributed by atoms with Gasteiger partial charge in [0.25, 0.3) is 5.91 Å². The third-order valence-corrected chi connectivity index (χ3v) is 3.95. The molecule has 26 heavy (non-hydrogen) atoms. The van der Waals surface area contributed by atoms with Gasteiger partial charge >= 0.3 is 0 Å². The Morgan fingerprint density at radius 1 is 1.23 bits per heavy atom. The quantitative estimate of drug-likeness (QED) is 0.220. The SMILES string of the molecule is CCNC(=NCc1ccnn1C)NCCNC(=O)c1cccc(Br)c1.I. The van der Waals surface area contributed by atoms with Gasteiger partial charge in [0.05, 0.1) is 12.2 Å². The summed E-state index contributed by atoms with van der Waals surface area (Å²) in [5.74, 6) is 0.611. The van der Waals surface area contributed by atoms with Crippen LogP contribution in [-0.4, -0.2) is 41.3 Å². The number of benzene rings is 1. The monoisotopic (exact) mass is 534 g/mol. The Kier molecular flexibility index (Phi) is 10.3. The van der Waals surface area contributed by atoms with E-state index in [1.54, 1.807) is 23.0 Å². The number of guanidine groups is 1. The van der Waals surface area contributed by atoms with Gasteiger partial charge in [-0.25, -0.2) is 4.99 Å². The van der Waals surface area contributed by atoms with Crippen molar-refractivity contribution < 1.29 is 4.79 Å². The van der Waals surface area contributed by atoms with E-state index < -0.39 is 0 Å². The highest BCUT2D eigenvalue weighted by Gasteiger charge is 2.05. The number of aromatic nitrogens is 2. The number of nitrogens with one attached hydrogen (secondary N) is 3. The summed E-state index contributed by atoms with van der Waals surface area (Å²) in [4.78, 5) is 16.6. The molecule has 0 spiro atoms. The average Bonchev–Trinajstić information content (AvgIpc) is 3.01. The molecule has 0 aliphatic heterocycles. The number of amides is 1. The Hall–Kier alpha value is -1.62. The van der Waals surface area contributed by atoms with Crippen molar-refractivity contribution in [1.29, 1.82) is 0 Å². The summed E-state index contributed by atoms with van der Waals surface area (Å²) < 4.78 is 2.68. The molecular weight excluding hydrogens is 511 g/mol. The molecule has 9 heteroatoms. The van der Waals surface area contributed by atoms with Crippen LogP contribution in [-0.2, 0) is 13.6 Å². The first-order valence-electron chi connectivity index (χ1n) is 8.13. The van der Waals surface area contributed by atoms with Crippen molar-refractivity contribution in [3.8, 4) is 0 Å². The van der Waals surface area contributed by atoms with Crippen LogP contribution in [0.4, 0.5) is 0 Å². The van der Waals surface area contributed by atoms with Crippen LogP contribution >= 0.6 is 39.9 Å². The lowest BCUT2D eigenvalue weighted by atomic mass is 10.2. The van der Waals surface area contributed by atoms with Gasteiger partial charge < -0.3 is 16.0 Å². The first kappa shape index (κ1) is 22.4. The number of halogens is 2. The first-order valence-corrected chi connectivity index (χ1v) is 8.92. The molecule has 0 aliphatic rings. The number of nitrogens with zero attached hydrogens (tertiary/aromatic N) is 3. The lowest BCUT2D eigenvalue weighted by Crippen LogP contribution is -2.41. The first-order chi connectivity index (χ1) is 12.1. The van der Waals surface area contributed by atoms with E-state index in [-0.39, 0.29) is 29.9 Å². The van der Waals surface area contributed by atoms with Gasteiger partial charge in [-0.3, -0.25) is 9.48 Å². The summed E-state index contributed by atoms with van der Waals surface area (Å²) >= 11 is 3.36. The van der Waals surface area contributed by atoms with Crippen molar-refractivity contribution in [2.24, 2.45) is 12.0 Å². The van der Waals surface area contributed by atoms with Crippen LogP contribution in [0.5, 0.6) is 0 Å². The molecule has 3 N–H and O–H groups in total. The van der Waals surface area contributed by atoms with E-state index in [1.165, 1.54) is 0 Å². The fourth-order valence-electron chi connectivity index (χ4n) is 2.15. The molecular formula is C17H24BrIN6O. The molecule has 0 radical (unpaired) electrons. The van der Waals surface area contributed by atoms with E-state index >= 15 is 0 Å². The smallest absolute Gasteiger partial charge is 0.251 e. The van der Waals surface area contributed by atoms with E-state index in [9.17, 15) is 4.79 Å². The predicted octanol–water partition coefficient (Wildman–Crippen LogP) is 2.29. The van der Waals surface area contributed by atoms with E-state index in [0.29, 0.717) is 31.2 Å². The van der Waals surface area contributed by atoms with Gasteiger partial charge in [-0.2, -0.15) is 5.10 Å². The van der Waals surface area contributed by atoms with Gasteiger partial charge in [-0.05, 0) is 31.2 Å². The van der Waals surface area contributed by atoms with Crippen LogP contribution in [0.3, 0.4) is 0 Å². The summed E-state index contributed by atoms with van der Waals surface area (Å²) in [7, 11) is 1.89. The minimum Gasteiger partial charge on any atom is -0.357 e.